The van der Waals surface area contributed by atoms with Gasteiger partial charge in [0, 0.05) is 16.7 Å². The van der Waals surface area contributed by atoms with Gasteiger partial charge in [0.1, 0.15) is 11.6 Å². The summed E-state index contributed by atoms with van der Waals surface area (Å²) in [6.45, 7) is 2.98. The van der Waals surface area contributed by atoms with E-state index in [1.165, 1.54) is 11.6 Å². The minimum atomic E-state index is -0.190. The van der Waals surface area contributed by atoms with E-state index in [0.29, 0.717) is 0 Å². The molecule has 1 N–H and O–H groups in total. The van der Waals surface area contributed by atoms with Gasteiger partial charge in [-0.2, -0.15) is 0 Å². The van der Waals surface area contributed by atoms with Crippen LogP contribution in [0.5, 0.6) is 5.75 Å². The van der Waals surface area contributed by atoms with Crippen molar-refractivity contribution in [1.29, 1.82) is 0 Å². The van der Waals surface area contributed by atoms with Crippen molar-refractivity contribution in [2.75, 3.05) is 19.4 Å². The van der Waals surface area contributed by atoms with Crippen LogP contribution in [-0.2, 0) is 0 Å². The maximum absolute atomic E-state index is 13.2. The molecule has 2 aromatic rings. The molecule has 0 aliphatic rings. The summed E-state index contributed by atoms with van der Waals surface area (Å²) in [5.41, 5.74) is 1.21. The van der Waals surface area contributed by atoms with Gasteiger partial charge in [-0.3, -0.25) is 0 Å². The Kier molecular flexibility index (Phi) is 6.08. The van der Waals surface area contributed by atoms with Gasteiger partial charge in [-0.15, -0.1) is 11.8 Å². The van der Waals surface area contributed by atoms with Crippen LogP contribution in [0.25, 0.3) is 0 Å². The van der Waals surface area contributed by atoms with Crippen LogP contribution in [-0.4, -0.2) is 19.4 Å². The molecule has 0 saturated heterocycles. The molecular weight excluding hydrogens is 285 g/mol. The van der Waals surface area contributed by atoms with Crippen LogP contribution in [0.4, 0.5) is 4.39 Å². The van der Waals surface area contributed by atoms with E-state index in [4.69, 9.17) is 4.74 Å². The summed E-state index contributed by atoms with van der Waals surface area (Å²) in [4.78, 5) is 0.950. The second-order valence-electron chi connectivity index (χ2n) is 4.65. The summed E-state index contributed by atoms with van der Waals surface area (Å²) in [6, 6.07) is 15.0. The van der Waals surface area contributed by atoms with E-state index in [-0.39, 0.29) is 11.9 Å². The number of thioether (sulfide) groups is 1. The van der Waals surface area contributed by atoms with Crippen LogP contribution in [0.1, 0.15) is 18.5 Å². The quantitative estimate of drug-likeness (QED) is 0.772. The van der Waals surface area contributed by atoms with Gasteiger partial charge in [0.15, 0.2) is 0 Å². The maximum atomic E-state index is 13.2. The third-order valence-electron chi connectivity index (χ3n) is 3.18. The first-order valence-electron chi connectivity index (χ1n) is 6.98. The highest BCUT2D eigenvalue weighted by atomic mass is 32.2. The van der Waals surface area contributed by atoms with Crippen LogP contribution < -0.4 is 10.1 Å². The van der Waals surface area contributed by atoms with Gasteiger partial charge in [-0.05, 0) is 42.4 Å². The van der Waals surface area contributed by atoms with E-state index >= 15 is 0 Å². The molecule has 0 radical (unpaired) electrons. The van der Waals surface area contributed by atoms with Gasteiger partial charge in [0.2, 0.25) is 0 Å². The van der Waals surface area contributed by atoms with Crippen molar-refractivity contribution in [3.8, 4) is 5.75 Å². The SMILES string of the molecule is CCNC(CSc1cccc(F)c1)c1ccc(OC)cc1. The van der Waals surface area contributed by atoms with Crippen LogP contribution in [0.3, 0.4) is 0 Å². The molecule has 112 valence electrons. The van der Waals surface area contributed by atoms with Gasteiger partial charge in [-0.1, -0.05) is 25.1 Å². The first kappa shape index (κ1) is 15.9. The Balaban J connectivity index is 2.04. The summed E-state index contributed by atoms with van der Waals surface area (Å²) in [6.07, 6.45) is 0. The average Bonchev–Trinajstić information content (AvgIpc) is 2.52. The van der Waals surface area contributed by atoms with Crippen molar-refractivity contribution < 1.29 is 9.13 Å². The number of benzene rings is 2. The zero-order chi connectivity index (χ0) is 15.1. The Morgan fingerprint density at radius 1 is 1.19 bits per heavy atom. The van der Waals surface area contributed by atoms with Gasteiger partial charge in [-0.25, -0.2) is 4.39 Å². The van der Waals surface area contributed by atoms with E-state index in [1.54, 1.807) is 31.0 Å². The predicted molar refractivity (Wildman–Crippen MR) is 86.5 cm³/mol. The van der Waals surface area contributed by atoms with Crippen LogP contribution >= 0.6 is 11.8 Å². The van der Waals surface area contributed by atoms with E-state index in [0.717, 1.165) is 22.9 Å². The second-order valence-corrected chi connectivity index (χ2v) is 5.75. The molecule has 0 saturated carbocycles. The zero-order valence-electron chi connectivity index (χ0n) is 12.3. The van der Waals surface area contributed by atoms with Crippen molar-refractivity contribution in [1.82, 2.24) is 5.32 Å². The van der Waals surface area contributed by atoms with Crippen LogP contribution in [0.15, 0.2) is 53.4 Å². The monoisotopic (exact) mass is 305 g/mol. The van der Waals surface area contributed by atoms with Crippen molar-refractivity contribution in [2.24, 2.45) is 0 Å². The molecule has 0 bridgehead atoms. The molecule has 0 aromatic heterocycles. The third kappa shape index (κ3) is 4.76. The predicted octanol–water partition coefficient (Wildman–Crippen LogP) is 4.28. The Hall–Kier alpha value is -1.52. The Morgan fingerprint density at radius 3 is 2.57 bits per heavy atom. The minimum Gasteiger partial charge on any atom is -0.497 e. The van der Waals surface area contributed by atoms with Crippen molar-refractivity contribution >= 4 is 11.8 Å². The molecule has 0 fully saturated rings. The number of ether oxygens (including phenoxy) is 1. The topological polar surface area (TPSA) is 21.3 Å². The summed E-state index contributed by atoms with van der Waals surface area (Å²) in [5.74, 6) is 1.51. The molecule has 1 unspecified atom stereocenters. The first-order valence-corrected chi connectivity index (χ1v) is 7.97. The highest BCUT2D eigenvalue weighted by Gasteiger charge is 2.11. The molecule has 2 aromatic carbocycles. The first-order chi connectivity index (χ1) is 10.2. The lowest BCUT2D eigenvalue weighted by molar-refractivity contribution is 0.414. The lowest BCUT2D eigenvalue weighted by Gasteiger charge is -2.18. The van der Waals surface area contributed by atoms with Gasteiger partial charge >= 0.3 is 0 Å². The lowest BCUT2D eigenvalue weighted by atomic mass is 10.1. The molecule has 0 amide bonds. The third-order valence-corrected chi connectivity index (χ3v) is 4.27. The summed E-state index contributed by atoms with van der Waals surface area (Å²) < 4.78 is 18.4. The van der Waals surface area contributed by atoms with E-state index in [2.05, 4.69) is 24.4 Å². The number of halogens is 1. The van der Waals surface area contributed by atoms with Crippen molar-refractivity contribution in [3.63, 3.8) is 0 Å². The van der Waals surface area contributed by atoms with Gasteiger partial charge < -0.3 is 10.1 Å². The summed E-state index contributed by atoms with van der Waals surface area (Å²) in [7, 11) is 1.66. The Labute approximate surface area is 129 Å². The Bertz CT molecular complexity index is 559. The standard InChI is InChI=1S/C17H20FNOS/c1-3-19-17(13-7-9-15(20-2)10-8-13)12-21-16-6-4-5-14(18)11-16/h4-11,17,19H,3,12H2,1-2H3. The van der Waals surface area contributed by atoms with Crippen LogP contribution in [0, 0.1) is 5.82 Å². The zero-order valence-corrected chi connectivity index (χ0v) is 13.1. The minimum absolute atomic E-state index is 0.190. The van der Waals surface area contributed by atoms with Gasteiger partial charge in [0.25, 0.3) is 0 Å². The molecule has 2 nitrogen and oxygen atoms in total. The molecule has 1 atom stereocenters. The van der Waals surface area contributed by atoms with E-state index < -0.39 is 0 Å². The second kappa shape index (κ2) is 8.05. The largest absolute Gasteiger partial charge is 0.497 e. The molecule has 21 heavy (non-hydrogen) atoms. The maximum Gasteiger partial charge on any atom is 0.124 e. The number of nitrogens with one attached hydrogen (secondary N) is 1. The molecular formula is C17H20FNOS. The number of hydrogen-bond donors (Lipinski definition) is 1. The highest BCUT2D eigenvalue weighted by Crippen LogP contribution is 2.26. The van der Waals surface area contributed by atoms with Crippen molar-refractivity contribution in [2.45, 2.75) is 17.9 Å². The molecule has 0 aliphatic carbocycles. The van der Waals surface area contributed by atoms with Gasteiger partial charge in [0.05, 0.1) is 7.11 Å². The normalized spacial score (nSPS) is 12.1. The van der Waals surface area contributed by atoms with E-state index in [9.17, 15) is 4.39 Å². The highest BCUT2D eigenvalue weighted by molar-refractivity contribution is 7.99. The molecule has 0 aliphatic heterocycles. The Morgan fingerprint density at radius 2 is 1.95 bits per heavy atom. The average molecular weight is 305 g/mol. The number of methoxy groups -OCH3 is 1. The van der Waals surface area contributed by atoms with E-state index in [1.807, 2.05) is 18.2 Å². The molecule has 4 heteroatoms. The fourth-order valence-corrected chi connectivity index (χ4v) is 3.13. The summed E-state index contributed by atoms with van der Waals surface area (Å²) in [5, 5.41) is 3.47. The molecule has 2 rings (SSSR count). The fourth-order valence-electron chi connectivity index (χ4n) is 2.09. The summed E-state index contributed by atoms with van der Waals surface area (Å²) >= 11 is 1.65. The van der Waals surface area contributed by atoms with Crippen LogP contribution in [0.2, 0.25) is 0 Å². The smallest absolute Gasteiger partial charge is 0.124 e. The number of hydrogen-bond acceptors (Lipinski definition) is 3. The fraction of sp³-hybridized carbons (Fsp3) is 0.294. The van der Waals surface area contributed by atoms with Crippen molar-refractivity contribution in [3.05, 3.63) is 59.9 Å². The molecule has 0 heterocycles. The number of rotatable bonds is 7. The lowest BCUT2D eigenvalue weighted by Crippen LogP contribution is -2.22. The molecule has 0 spiro atoms.